The van der Waals surface area contributed by atoms with Gasteiger partial charge in [-0.25, -0.2) is 13.8 Å². The monoisotopic (exact) mass is 375 g/mol. The highest BCUT2D eigenvalue weighted by Gasteiger charge is 2.31. The van der Waals surface area contributed by atoms with Crippen LogP contribution in [0.15, 0.2) is 58.4 Å². The van der Waals surface area contributed by atoms with Crippen molar-refractivity contribution in [3.8, 4) is 5.69 Å². The average molecular weight is 375 g/mol. The van der Waals surface area contributed by atoms with Crippen molar-refractivity contribution in [2.24, 2.45) is 0 Å². The Kier molecular flexibility index (Phi) is 3.62. The standard InChI is InChI=1S/C18H9F4N3O2/c19-12-3-1-2-9-7-23-8-14(15(9)12)25-16(26)11-6-10(18(20,21)22)4-5-13(11)24-17(25)27/h1-8H,(H,24,27). The molecule has 0 saturated heterocycles. The van der Waals surface area contributed by atoms with Crippen LogP contribution >= 0.6 is 0 Å². The van der Waals surface area contributed by atoms with E-state index >= 15 is 0 Å². The highest BCUT2D eigenvalue weighted by molar-refractivity contribution is 5.90. The Morgan fingerprint density at radius 3 is 2.56 bits per heavy atom. The summed E-state index contributed by atoms with van der Waals surface area (Å²) in [6.45, 7) is 0. The van der Waals surface area contributed by atoms with Gasteiger partial charge in [0.25, 0.3) is 5.56 Å². The second kappa shape index (κ2) is 5.76. The average Bonchev–Trinajstić information content (AvgIpc) is 2.61. The van der Waals surface area contributed by atoms with Gasteiger partial charge in [-0.15, -0.1) is 0 Å². The van der Waals surface area contributed by atoms with Gasteiger partial charge in [-0.2, -0.15) is 13.2 Å². The number of hydrogen-bond acceptors (Lipinski definition) is 3. The summed E-state index contributed by atoms with van der Waals surface area (Å²) in [5, 5.41) is -0.0490. The molecule has 2 heterocycles. The summed E-state index contributed by atoms with van der Waals surface area (Å²) >= 11 is 0. The van der Waals surface area contributed by atoms with Crippen molar-refractivity contribution in [3.63, 3.8) is 0 Å². The number of pyridine rings is 1. The molecule has 0 spiro atoms. The fraction of sp³-hybridized carbons (Fsp3) is 0.0556. The van der Waals surface area contributed by atoms with Crippen molar-refractivity contribution in [3.05, 3.63) is 81.0 Å². The molecule has 0 amide bonds. The molecule has 2 aromatic heterocycles. The van der Waals surface area contributed by atoms with Crippen LogP contribution in [0.3, 0.4) is 0 Å². The summed E-state index contributed by atoms with van der Waals surface area (Å²) in [5.41, 5.74) is -3.16. The lowest BCUT2D eigenvalue weighted by molar-refractivity contribution is -0.137. The Morgan fingerprint density at radius 2 is 1.81 bits per heavy atom. The molecule has 0 saturated carbocycles. The van der Waals surface area contributed by atoms with Crippen molar-refractivity contribution in [2.45, 2.75) is 6.18 Å². The fourth-order valence-electron chi connectivity index (χ4n) is 2.95. The number of alkyl halides is 3. The van der Waals surface area contributed by atoms with Crippen LogP contribution in [0.1, 0.15) is 5.56 Å². The maximum Gasteiger partial charge on any atom is 0.416 e. The van der Waals surface area contributed by atoms with Crippen molar-refractivity contribution >= 4 is 21.7 Å². The van der Waals surface area contributed by atoms with Crippen LogP contribution in [-0.2, 0) is 6.18 Å². The first kappa shape index (κ1) is 17.0. The number of fused-ring (bicyclic) bond motifs is 2. The van der Waals surface area contributed by atoms with Crippen molar-refractivity contribution < 1.29 is 17.6 Å². The number of hydrogen-bond donors (Lipinski definition) is 1. The SMILES string of the molecule is O=c1[nH]c2ccc(C(F)(F)F)cc2c(=O)n1-c1cncc2cccc(F)c12. The number of halogens is 4. The molecule has 136 valence electrons. The normalized spacial score (nSPS) is 12.0. The summed E-state index contributed by atoms with van der Waals surface area (Å²) in [5.74, 6) is -0.694. The van der Waals surface area contributed by atoms with E-state index in [0.29, 0.717) is 16.0 Å². The lowest BCUT2D eigenvalue weighted by Gasteiger charge is -2.11. The minimum Gasteiger partial charge on any atom is -0.306 e. The zero-order valence-corrected chi connectivity index (χ0v) is 13.3. The Morgan fingerprint density at radius 1 is 1.04 bits per heavy atom. The van der Waals surface area contributed by atoms with E-state index in [1.54, 1.807) is 0 Å². The number of aromatic amines is 1. The summed E-state index contributed by atoms with van der Waals surface area (Å²) in [4.78, 5) is 31.5. The van der Waals surface area contributed by atoms with Crippen molar-refractivity contribution in [2.75, 3.05) is 0 Å². The third-order valence-electron chi connectivity index (χ3n) is 4.18. The van der Waals surface area contributed by atoms with Gasteiger partial charge in [-0.3, -0.25) is 9.78 Å². The van der Waals surface area contributed by atoms with Gasteiger partial charge in [0, 0.05) is 17.0 Å². The van der Waals surface area contributed by atoms with E-state index in [1.165, 1.54) is 18.3 Å². The minimum atomic E-state index is -4.66. The fourth-order valence-corrected chi connectivity index (χ4v) is 2.95. The van der Waals surface area contributed by atoms with Crippen LogP contribution < -0.4 is 11.2 Å². The molecular formula is C18H9F4N3O2. The van der Waals surface area contributed by atoms with E-state index in [-0.39, 0.29) is 22.0 Å². The van der Waals surface area contributed by atoms with Crippen LogP contribution in [0.5, 0.6) is 0 Å². The summed E-state index contributed by atoms with van der Waals surface area (Å²) < 4.78 is 53.8. The summed E-state index contributed by atoms with van der Waals surface area (Å²) in [7, 11) is 0. The van der Waals surface area contributed by atoms with Gasteiger partial charge in [0.2, 0.25) is 0 Å². The molecule has 2 aromatic carbocycles. The van der Waals surface area contributed by atoms with Gasteiger partial charge < -0.3 is 4.98 Å². The molecule has 4 rings (SSSR count). The molecule has 0 radical (unpaired) electrons. The number of aromatic nitrogens is 3. The Bertz CT molecular complexity index is 1320. The van der Waals surface area contributed by atoms with Gasteiger partial charge in [-0.05, 0) is 24.3 Å². The largest absolute Gasteiger partial charge is 0.416 e. The first-order chi connectivity index (χ1) is 12.8. The van der Waals surface area contributed by atoms with E-state index in [4.69, 9.17) is 0 Å². The zero-order valence-electron chi connectivity index (χ0n) is 13.3. The number of rotatable bonds is 1. The van der Waals surface area contributed by atoms with Gasteiger partial charge in [0.1, 0.15) is 5.82 Å². The third-order valence-corrected chi connectivity index (χ3v) is 4.18. The van der Waals surface area contributed by atoms with Crippen LogP contribution in [0.4, 0.5) is 17.6 Å². The Labute approximate surface area is 147 Å². The lowest BCUT2D eigenvalue weighted by Crippen LogP contribution is -2.34. The van der Waals surface area contributed by atoms with E-state index in [2.05, 4.69) is 9.97 Å². The second-order valence-electron chi connectivity index (χ2n) is 5.83. The number of nitrogens with zero attached hydrogens (tertiary/aromatic N) is 2. The molecule has 0 fully saturated rings. The Balaban J connectivity index is 2.12. The van der Waals surface area contributed by atoms with Crippen LogP contribution in [0.25, 0.3) is 27.4 Å². The highest BCUT2D eigenvalue weighted by atomic mass is 19.4. The molecule has 0 atom stereocenters. The van der Waals surface area contributed by atoms with Gasteiger partial charge >= 0.3 is 11.9 Å². The van der Waals surface area contributed by atoms with E-state index < -0.39 is 28.8 Å². The van der Waals surface area contributed by atoms with E-state index in [0.717, 1.165) is 24.4 Å². The molecule has 5 nitrogen and oxygen atoms in total. The van der Waals surface area contributed by atoms with E-state index in [1.807, 2.05) is 0 Å². The molecule has 4 aromatic rings. The van der Waals surface area contributed by atoms with Gasteiger partial charge in [-0.1, -0.05) is 12.1 Å². The topological polar surface area (TPSA) is 67.8 Å². The van der Waals surface area contributed by atoms with Crippen molar-refractivity contribution in [1.82, 2.24) is 14.5 Å². The molecule has 9 heteroatoms. The number of benzene rings is 2. The first-order valence-electron chi connectivity index (χ1n) is 7.66. The third kappa shape index (κ3) is 2.67. The van der Waals surface area contributed by atoms with Gasteiger partial charge in [0.05, 0.1) is 28.4 Å². The summed E-state index contributed by atoms with van der Waals surface area (Å²) in [6, 6.07) is 6.55. The molecule has 0 aliphatic carbocycles. The maximum absolute atomic E-state index is 14.3. The Hall–Kier alpha value is -3.49. The molecule has 0 aliphatic rings. The van der Waals surface area contributed by atoms with E-state index in [9.17, 15) is 27.2 Å². The highest BCUT2D eigenvalue weighted by Crippen LogP contribution is 2.30. The minimum absolute atomic E-state index is 0.0357. The molecule has 0 aliphatic heterocycles. The molecular weight excluding hydrogens is 366 g/mol. The number of H-pyrrole nitrogens is 1. The number of nitrogens with one attached hydrogen (secondary N) is 1. The van der Waals surface area contributed by atoms with Crippen molar-refractivity contribution in [1.29, 1.82) is 0 Å². The zero-order chi connectivity index (χ0) is 19.3. The summed E-state index contributed by atoms with van der Waals surface area (Å²) in [6.07, 6.45) is -2.19. The molecule has 1 N–H and O–H groups in total. The maximum atomic E-state index is 14.3. The quantitative estimate of drug-likeness (QED) is 0.519. The first-order valence-corrected chi connectivity index (χ1v) is 7.66. The van der Waals surface area contributed by atoms with Crippen LogP contribution in [0, 0.1) is 5.82 Å². The molecule has 0 bridgehead atoms. The molecule has 0 unspecified atom stereocenters. The smallest absolute Gasteiger partial charge is 0.306 e. The van der Waals surface area contributed by atoms with Crippen LogP contribution in [-0.4, -0.2) is 14.5 Å². The predicted octanol–water partition coefficient (Wildman–Crippen LogP) is 3.39. The van der Waals surface area contributed by atoms with Crippen LogP contribution in [0.2, 0.25) is 0 Å². The van der Waals surface area contributed by atoms with Gasteiger partial charge in [0.15, 0.2) is 0 Å². The molecule has 27 heavy (non-hydrogen) atoms. The second-order valence-corrected chi connectivity index (χ2v) is 5.83. The predicted molar refractivity (Wildman–Crippen MR) is 90.4 cm³/mol. The lowest BCUT2D eigenvalue weighted by atomic mass is 10.1.